The lowest BCUT2D eigenvalue weighted by Crippen LogP contribution is -2.15. The lowest BCUT2D eigenvalue weighted by molar-refractivity contribution is 0.0995. The number of carbonyl (C=O) groups is 1. The molecule has 0 aliphatic heterocycles. The van der Waals surface area contributed by atoms with Crippen LogP contribution in [0.5, 0.6) is 0 Å². The maximum absolute atomic E-state index is 10.8. The third-order valence-electron chi connectivity index (χ3n) is 2.08. The first kappa shape index (κ1) is 8.93. The Kier molecular flexibility index (Phi) is 2.30. The van der Waals surface area contributed by atoms with Crippen LogP contribution in [0.4, 0.5) is 5.95 Å². The third kappa shape index (κ3) is 2.18. The molecule has 1 aromatic heterocycles. The molecule has 73 valence electrons. The highest BCUT2D eigenvalue weighted by molar-refractivity contribution is 5.90. The zero-order chi connectivity index (χ0) is 9.97. The maximum atomic E-state index is 10.8. The molecule has 0 bridgehead atoms. The van der Waals surface area contributed by atoms with E-state index in [1.54, 1.807) is 0 Å². The van der Waals surface area contributed by atoms with Gasteiger partial charge >= 0.3 is 0 Å². The van der Waals surface area contributed by atoms with Gasteiger partial charge in [0.2, 0.25) is 5.95 Å². The van der Waals surface area contributed by atoms with Crippen LogP contribution < -0.4 is 11.1 Å². The first-order valence-electron chi connectivity index (χ1n) is 4.54. The Morgan fingerprint density at radius 1 is 1.71 bits per heavy atom. The molecule has 1 aliphatic carbocycles. The molecular weight excluding hydrogens is 180 g/mol. The van der Waals surface area contributed by atoms with E-state index in [4.69, 9.17) is 5.73 Å². The van der Waals surface area contributed by atoms with Crippen molar-refractivity contribution in [1.82, 2.24) is 9.97 Å². The highest BCUT2D eigenvalue weighted by atomic mass is 16.1. The molecule has 0 unspecified atom stereocenters. The molecule has 1 aliphatic rings. The van der Waals surface area contributed by atoms with Crippen LogP contribution in [0.25, 0.3) is 0 Å². The Morgan fingerprint density at radius 2 is 2.50 bits per heavy atom. The van der Waals surface area contributed by atoms with Crippen molar-refractivity contribution in [2.75, 3.05) is 11.9 Å². The van der Waals surface area contributed by atoms with E-state index in [9.17, 15) is 4.79 Å². The van der Waals surface area contributed by atoms with Gasteiger partial charge in [-0.25, -0.2) is 9.97 Å². The van der Waals surface area contributed by atoms with E-state index < -0.39 is 5.91 Å². The summed E-state index contributed by atoms with van der Waals surface area (Å²) in [4.78, 5) is 18.6. The van der Waals surface area contributed by atoms with Gasteiger partial charge in [-0.3, -0.25) is 4.79 Å². The largest absolute Gasteiger partial charge is 0.364 e. The zero-order valence-electron chi connectivity index (χ0n) is 7.66. The summed E-state index contributed by atoms with van der Waals surface area (Å²) >= 11 is 0. The first-order chi connectivity index (χ1) is 6.75. The van der Waals surface area contributed by atoms with Crippen LogP contribution in [-0.4, -0.2) is 22.4 Å². The van der Waals surface area contributed by atoms with Crippen molar-refractivity contribution < 1.29 is 4.79 Å². The number of nitrogens with two attached hydrogens (primary N) is 1. The SMILES string of the molecule is NC(=O)c1[c]cnc(NCC2CC2)n1. The minimum atomic E-state index is -0.582. The topological polar surface area (TPSA) is 80.9 Å². The van der Waals surface area contributed by atoms with Crippen molar-refractivity contribution in [2.24, 2.45) is 11.7 Å². The number of hydrogen-bond donors (Lipinski definition) is 2. The van der Waals surface area contributed by atoms with Gasteiger partial charge < -0.3 is 11.1 Å². The number of carbonyl (C=O) groups excluding carboxylic acids is 1. The van der Waals surface area contributed by atoms with Gasteiger partial charge in [0.1, 0.15) is 5.69 Å². The molecular formula is C9H11N4O. The molecule has 1 heterocycles. The van der Waals surface area contributed by atoms with E-state index in [1.165, 1.54) is 19.0 Å². The number of anilines is 1. The van der Waals surface area contributed by atoms with E-state index in [1.807, 2.05) is 0 Å². The van der Waals surface area contributed by atoms with Crippen molar-refractivity contribution in [2.45, 2.75) is 12.8 Å². The van der Waals surface area contributed by atoms with Crippen molar-refractivity contribution in [3.8, 4) is 0 Å². The number of hydrogen-bond acceptors (Lipinski definition) is 4. The smallest absolute Gasteiger partial charge is 0.268 e. The van der Waals surface area contributed by atoms with Crippen LogP contribution >= 0.6 is 0 Å². The monoisotopic (exact) mass is 191 g/mol. The second-order valence-corrected chi connectivity index (χ2v) is 3.38. The molecule has 1 fully saturated rings. The Balaban J connectivity index is 2.01. The van der Waals surface area contributed by atoms with Gasteiger partial charge in [-0.2, -0.15) is 0 Å². The predicted molar refractivity (Wildman–Crippen MR) is 50.6 cm³/mol. The molecule has 2 rings (SSSR count). The van der Waals surface area contributed by atoms with Gasteiger partial charge in [0.25, 0.3) is 5.91 Å². The summed E-state index contributed by atoms with van der Waals surface area (Å²) < 4.78 is 0. The summed E-state index contributed by atoms with van der Waals surface area (Å²) in [5, 5.41) is 3.05. The summed E-state index contributed by atoms with van der Waals surface area (Å²) in [6.45, 7) is 0.863. The Morgan fingerprint density at radius 3 is 3.14 bits per heavy atom. The summed E-state index contributed by atoms with van der Waals surface area (Å²) in [6, 6.07) is 2.57. The van der Waals surface area contributed by atoms with Crippen LogP contribution in [0.15, 0.2) is 6.20 Å². The van der Waals surface area contributed by atoms with E-state index in [0.717, 1.165) is 12.5 Å². The standard InChI is InChI=1S/C9H11N4O/c10-8(14)7-3-4-11-9(13-7)12-5-6-1-2-6/h4,6H,1-2,5H2,(H2,10,14)(H,11,12,13). The summed E-state index contributed by atoms with van der Waals surface area (Å²) in [5.74, 6) is 0.603. The Hall–Kier alpha value is -1.65. The molecule has 1 radical (unpaired) electrons. The van der Waals surface area contributed by atoms with Crippen LogP contribution in [0, 0.1) is 12.0 Å². The minimum absolute atomic E-state index is 0.123. The number of nitrogens with zero attached hydrogens (tertiary/aromatic N) is 2. The van der Waals surface area contributed by atoms with Crippen molar-refractivity contribution in [3.63, 3.8) is 0 Å². The van der Waals surface area contributed by atoms with E-state index in [-0.39, 0.29) is 5.69 Å². The average molecular weight is 191 g/mol. The molecule has 3 N–H and O–H groups in total. The fourth-order valence-corrected chi connectivity index (χ4v) is 1.09. The molecule has 0 atom stereocenters. The fourth-order valence-electron chi connectivity index (χ4n) is 1.09. The molecule has 14 heavy (non-hydrogen) atoms. The maximum Gasteiger partial charge on any atom is 0.268 e. The molecule has 1 aromatic rings. The van der Waals surface area contributed by atoms with Crippen LogP contribution in [-0.2, 0) is 0 Å². The predicted octanol–water partition coefficient (Wildman–Crippen LogP) is 0.198. The normalized spacial score (nSPS) is 15.1. The second kappa shape index (κ2) is 3.61. The number of amides is 1. The molecule has 0 aromatic carbocycles. The zero-order valence-corrected chi connectivity index (χ0v) is 7.66. The molecule has 1 amide bonds. The van der Waals surface area contributed by atoms with Crippen LogP contribution in [0.2, 0.25) is 0 Å². The summed E-state index contributed by atoms with van der Waals surface area (Å²) in [5.41, 5.74) is 5.19. The lowest BCUT2D eigenvalue weighted by atomic mass is 10.4. The lowest BCUT2D eigenvalue weighted by Gasteiger charge is -2.02. The third-order valence-corrected chi connectivity index (χ3v) is 2.08. The number of rotatable bonds is 4. The highest BCUT2D eigenvalue weighted by Gasteiger charge is 2.21. The quantitative estimate of drug-likeness (QED) is 0.712. The van der Waals surface area contributed by atoms with Crippen LogP contribution in [0.3, 0.4) is 0 Å². The summed E-state index contributed by atoms with van der Waals surface area (Å²) in [6.07, 6.45) is 3.92. The number of nitrogens with one attached hydrogen (secondary N) is 1. The van der Waals surface area contributed by atoms with Crippen molar-refractivity contribution in [3.05, 3.63) is 18.0 Å². The fraction of sp³-hybridized carbons (Fsp3) is 0.444. The van der Waals surface area contributed by atoms with Gasteiger partial charge in [0.15, 0.2) is 0 Å². The molecule has 1 saturated carbocycles. The minimum Gasteiger partial charge on any atom is -0.364 e. The van der Waals surface area contributed by atoms with Gasteiger partial charge in [-0.1, -0.05) is 0 Å². The van der Waals surface area contributed by atoms with E-state index in [2.05, 4.69) is 21.4 Å². The van der Waals surface area contributed by atoms with Crippen LogP contribution in [0.1, 0.15) is 23.3 Å². The summed E-state index contributed by atoms with van der Waals surface area (Å²) in [7, 11) is 0. The van der Waals surface area contributed by atoms with E-state index >= 15 is 0 Å². The van der Waals surface area contributed by atoms with Crippen molar-refractivity contribution >= 4 is 11.9 Å². The number of primary amides is 1. The molecule has 5 heteroatoms. The average Bonchev–Trinajstić information content (AvgIpc) is 2.99. The molecule has 5 nitrogen and oxygen atoms in total. The first-order valence-corrected chi connectivity index (χ1v) is 4.54. The second-order valence-electron chi connectivity index (χ2n) is 3.38. The van der Waals surface area contributed by atoms with Gasteiger partial charge in [0.05, 0.1) is 0 Å². The highest BCUT2D eigenvalue weighted by Crippen LogP contribution is 2.28. The number of aromatic nitrogens is 2. The molecule has 0 spiro atoms. The van der Waals surface area contributed by atoms with Gasteiger partial charge in [-0.15, -0.1) is 0 Å². The molecule has 0 saturated heterocycles. The van der Waals surface area contributed by atoms with Crippen molar-refractivity contribution in [1.29, 1.82) is 0 Å². The van der Waals surface area contributed by atoms with Gasteiger partial charge in [-0.05, 0) is 18.8 Å². The van der Waals surface area contributed by atoms with Gasteiger partial charge in [0, 0.05) is 18.8 Å². The Labute approximate surface area is 81.7 Å². The van der Waals surface area contributed by atoms with E-state index in [0.29, 0.717) is 5.95 Å². The Bertz CT molecular complexity index is 348.